The summed E-state index contributed by atoms with van der Waals surface area (Å²) >= 11 is 0. The van der Waals surface area contributed by atoms with E-state index in [4.69, 9.17) is 0 Å². The number of hydrogen-bond acceptors (Lipinski definition) is 4. The van der Waals surface area contributed by atoms with Gasteiger partial charge in [-0.25, -0.2) is 8.42 Å². The zero-order valence-electron chi connectivity index (χ0n) is 23.5. The molecule has 0 bridgehead atoms. The van der Waals surface area contributed by atoms with Crippen molar-refractivity contribution < 1.29 is 18.0 Å². The number of amides is 2. The van der Waals surface area contributed by atoms with Crippen molar-refractivity contribution >= 4 is 27.5 Å². The van der Waals surface area contributed by atoms with E-state index in [1.165, 1.54) is 4.90 Å². The van der Waals surface area contributed by atoms with Gasteiger partial charge in [0.25, 0.3) is 10.0 Å². The molecular formula is C31H39N3O4S. The van der Waals surface area contributed by atoms with Crippen molar-refractivity contribution in [1.29, 1.82) is 0 Å². The highest BCUT2D eigenvalue weighted by Crippen LogP contribution is 2.26. The van der Waals surface area contributed by atoms with Gasteiger partial charge in [-0.1, -0.05) is 61.0 Å². The fourth-order valence-corrected chi connectivity index (χ4v) is 5.82. The van der Waals surface area contributed by atoms with Gasteiger partial charge in [0.2, 0.25) is 11.8 Å². The van der Waals surface area contributed by atoms with Gasteiger partial charge in [0.1, 0.15) is 12.6 Å². The van der Waals surface area contributed by atoms with Crippen LogP contribution in [0.15, 0.2) is 77.7 Å². The first-order chi connectivity index (χ1) is 18.5. The fraction of sp³-hybridized carbons (Fsp3) is 0.355. The third kappa shape index (κ3) is 7.93. The summed E-state index contributed by atoms with van der Waals surface area (Å²) in [4.78, 5) is 28.4. The average Bonchev–Trinajstić information content (AvgIpc) is 2.90. The molecule has 1 atom stereocenters. The summed E-state index contributed by atoms with van der Waals surface area (Å²) < 4.78 is 29.0. The number of rotatable bonds is 12. The van der Waals surface area contributed by atoms with Gasteiger partial charge in [-0.15, -0.1) is 0 Å². The lowest BCUT2D eigenvalue weighted by molar-refractivity contribution is -0.138. The Hall–Kier alpha value is -3.65. The molecule has 0 aliphatic heterocycles. The maximum Gasteiger partial charge on any atom is 0.264 e. The topological polar surface area (TPSA) is 86.8 Å². The van der Waals surface area contributed by atoms with E-state index >= 15 is 0 Å². The van der Waals surface area contributed by atoms with Crippen LogP contribution in [0, 0.1) is 20.8 Å². The highest BCUT2D eigenvalue weighted by molar-refractivity contribution is 7.92. The number of aryl methyl sites for hydroxylation is 3. The molecule has 3 aromatic rings. The number of benzene rings is 3. The summed E-state index contributed by atoms with van der Waals surface area (Å²) in [6.07, 6.45) is 1.30. The van der Waals surface area contributed by atoms with E-state index in [2.05, 4.69) is 5.32 Å². The predicted octanol–water partition coefficient (Wildman–Crippen LogP) is 4.79. The molecule has 0 aliphatic rings. The number of anilines is 1. The molecule has 39 heavy (non-hydrogen) atoms. The Morgan fingerprint density at radius 2 is 1.49 bits per heavy atom. The second-order valence-electron chi connectivity index (χ2n) is 9.96. The molecule has 208 valence electrons. The van der Waals surface area contributed by atoms with Gasteiger partial charge in [-0.05, 0) is 81.5 Å². The average molecular weight is 550 g/mol. The molecule has 7 nitrogen and oxygen atoms in total. The summed E-state index contributed by atoms with van der Waals surface area (Å²) in [5.74, 6) is -0.711. The molecule has 0 heterocycles. The Bertz CT molecular complexity index is 1350. The van der Waals surface area contributed by atoms with Crippen molar-refractivity contribution in [3.63, 3.8) is 0 Å². The lowest BCUT2D eigenvalue weighted by atomic mass is 10.1. The zero-order valence-corrected chi connectivity index (χ0v) is 24.3. The molecule has 8 heteroatoms. The minimum Gasteiger partial charge on any atom is -0.354 e. The molecular weight excluding hydrogens is 510 g/mol. The van der Waals surface area contributed by atoms with Gasteiger partial charge >= 0.3 is 0 Å². The monoisotopic (exact) mass is 549 g/mol. The maximum absolute atomic E-state index is 13.9. The van der Waals surface area contributed by atoms with Gasteiger partial charge in [0, 0.05) is 13.1 Å². The summed E-state index contributed by atoms with van der Waals surface area (Å²) in [6, 6.07) is 21.0. The summed E-state index contributed by atoms with van der Waals surface area (Å²) in [5.41, 5.74) is 4.13. The van der Waals surface area contributed by atoms with Crippen LogP contribution in [0.5, 0.6) is 0 Å². The summed E-state index contributed by atoms with van der Waals surface area (Å²) in [7, 11) is -4.07. The predicted molar refractivity (Wildman–Crippen MR) is 156 cm³/mol. The molecule has 0 radical (unpaired) electrons. The van der Waals surface area contributed by atoms with Crippen molar-refractivity contribution in [3.05, 3.63) is 95.1 Å². The van der Waals surface area contributed by atoms with Crippen molar-refractivity contribution in [2.75, 3.05) is 23.9 Å². The smallest absolute Gasteiger partial charge is 0.264 e. The normalized spacial score (nSPS) is 12.0. The van der Waals surface area contributed by atoms with Crippen LogP contribution in [0.3, 0.4) is 0 Å². The summed E-state index contributed by atoms with van der Waals surface area (Å²) in [6.45, 7) is 9.65. The molecule has 2 amide bonds. The van der Waals surface area contributed by atoms with E-state index in [-0.39, 0.29) is 17.3 Å². The zero-order chi connectivity index (χ0) is 28.6. The number of hydrogen-bond donors (Lipinski definition) is 1. The summed E-state index contributed by atoms with van der Waals surface area (Å²) in [5, 5.41) is 2.86. The Labute approximate surface area is 232 Å². The van der Waals surface area contributed by atoms with Crippen molar-refractivity contribution in [2.45, 2.75) is 58.4 Å². The Morgan fingerprint density at radius 1 is 0.872 bits per heavy atom. The Kier molecular flexibility index (Phi) is 10.3. The second-order valence-corrected chi connectivity index (χ2v) is 11.8. The van der Waals surface area contributed by atoms with Gasteiger partial charge in [0.05, 0.1) is 10.6 Å². The first-order valence-electron chi connectivity index (χ1n) is 13.3. The quantitative estimate of drug-likeness (QED) is 0.352. The van der Waals surface area contributed by atoms with E-state index in [9.17, 15) is 18.0 Å². The number of nitrogens with zero attached hydrogens (tertiary/aromatic N) is 2. The van der Waals surface area contributed by atoms with Gasteiger partial charge in [0.15, 0.2) is 0 Å². The molecule has 0 spiro atoms. The molecule has 0 saturated heterocycles. The van der Waals surface area contributed by atoms with Crippen LogP contribution in [0.1, 0.15) is 42.5 Å². The van der Waals surface area contributed by atoms with Crippen molar-refractivity contribution in [2.24, 2.45) is 0 Å². The molecule has 1 N–H and O–H groups in total. The largest absolute Gasteiger partial charge is 0.354 e. The number of nitrogens with one attached hydrogen (secondary N) is 1. The number of carbonyl (C=O) groups excluding carboxylic acids is 2. The standard InChI is InChI=1S/C31H39N3O4S/c1-6-17-32-31(36)26(5)33(18-16-27-10-8-7-9-11-27)30(35)22-34(28-20-24(3)19-25(4)21-28)39(37,38)29-14-12-23(2)13-15-29/h7-15,19-21,26H,6,16-18,22H2,1-5H3,(H,32,36). The maximum atomic E-state index is 13.9. The Morgan fingerprint density at radius 3 is 2.08 bits per heavy atom. The van der Waals surface area contributed by atoms with Crippen LogP contribution < -0.4 is 9.62 Å². The molecule has 0 fully saturated rings. The minimum atomic E-state index is -4.07. The van der Waals surface area contributed by atoms with Crippen molar-refractivity contribution in [3.8, 4) is 0 Å². The molecule has 1 unspecified atom stereocenters. The first kappa shape index (κ1) is 29.9. The van der Waals surface area contributed by atoms with Crippen LogP contribution >= 0.6 is 0 Å². The highest BCUT2D eigenvalue weighted by Gasteiger charge is 2.32. The molecule has 3 rings (SSSR count). The molecule has 0 aromatic heterocycles. The second kappa shape index (κ2) is 13.4. The van der Waals surface area contributed by atoms with Gasteiger partial charge in [-0.3, -0.25) is 13.9 Å². The van der Waals surface area contributed by atoms with Crippen LogP contribution in [0.25, 0.3) is 0 Å². The van der Waals surface area contributed by atoms with Crippen LogP contribution in [-0.2, 0) is 26.0 Å². The number of carbonyl (C=O) groups is 2. The van der Waals surface area contributed by atoms with E-state index in [1.807, 2.05) is 64.1 Å². The third-order valence-electron chi connectivity index (χ3n) is 6.58. The minimum absolute atomic E-state index is 0.102. The number of sulfonamides is 1. The van der Waals surface area contributed by atoms with E-state index in [0.717, 1.165) is 33.0 Å². The third-order valence-corrected chi connectivity index (χ3v) is 8.37. The van der Waals surface area contributed by atoms with Crippen LogP contribution in [-0.4, -0.2) is 50.8 Å². The highest BCUT2D eigenvalue weighted by atomic mass is 32.2. The lowest BCUT2D eigenvalue weighted by Crippen LogP contribution is -2.52. The van der Waals surface area contributed by atoms with Crippen LogP contribution in [0.4, 0.5) is 5.69 Å². The van der Waals surface area contributed by atoms with E-state index < -0.39 is 28.5 Å². The molecule has 0 aliphatic carbocycles. The molecule has 3 aromatic carbocycles. The van der Waals surface area contributed by atoms with Gasteiger partial charge < -0.3 is 10.2 Å². The van der Waals surface area contributed by atoms with Crippen LogP contribution in [0.2, 0.25) is 0 Å². The Balaban J connectivity index is 2.00. The van der Waals surface area contributed by atoms with Crippen molar-refractivity contribution in [1.82, 2.24) is 10.2 Å². The van der Waals surface area contributed by atoms with E-state index in [1.54, 1.807) is 43.3 Å². The SMILES string of the molecule is CCCNC(=O)C(C)N(CCc1ccccc1)C(=O)CN(c1cc(C)cc(C)c1)S(=O)(=O)c1ccc(C)cc1. The first-order valence-corrected chi connectivity index (χ1v) is 14.8. The fourth-order valence-electron chi connectivity index (χ4n) is 4.43. The molecule has 0 saturated carbocycles. The van der Waals surface area contributed by atoms with Gasteiger partial charge in [-0.2, -0.15) is 0 Å². The lowest BCUT2D eigenvalue weighted by Gasteiger charge is -2.32. The van der Waals surface area contributed by atoms with E-state index in [0.29, 0.717) is 18.7 Å².